The SMILES string of the molecule is COc1cc(CN2C(=O)N(C(CC3CC3)C(=O)N[C@H](C)CC(=O)O)C(=O)C2(C)C)ccc1NC(=O)Nc1ccccc1C. The molecule has 4 N–H and O–H groups in total. The van der Waals surface area contributed by atoms with E-state index in [4.69, 9.17) is 9.84 Å². The second-order valence-corrected chi connectivity index (χ2v) is 11.7. The van der Waals surface area contributed by atoms with Crippen LogP contribution in [0.1, 0.15) is 57.6 Å². The number of aryl methyl sites for hydroxylation is 1. The number of ether oxygens (including phenoxy) is 1. The molecule has 1 aliphatic carbocycles. The van der Waals surface area contributed by atoms with Gasteiger partial charge in [-0.05, 0) is 69.4 Å². The first-order valence-electron chi connectivity index (χ1n) is 14.3. The number of nitrogens with one attached hydrogen (secondary N) is 3. The number of aliphatic carboxylic acids is 1. The quantitative estimate of drug-likeness (QED) is 0.267. The first-order valence-corrected chi connectivity index (χ1v) is 14.3. The second-order valence-electron chi connectivity index (χ2n) is 11.7. The number of carboxylic acid groups (broad SMARTS) is 1. The van der Waals surface area contributed by atoms with Crippen molar-refractivity contribution in [2.75, 3.05) is 17.7 Å². The molecule has 2 fully saturated rings. The fraction of sp³-hybridized carbons (Fsp3) is 0.452. The minimum atomic E-state index is -1.25. The summed E-state index contributed by atoms with van der Waals surface area (Å²) in [4.78, 5) is 66.9. The molecule has 230 valence electrons. The van der Waals surface area contributed by atoms with E-state index in [1.807, 2.05) is 25.1 Å². The van der Waals surface area contributed by atoms with Gasteiger partial charge in [0, 0.05) is 18.3 Å². The fourth-order valence-corrected chi connectivity index (χ4v) is 5.17. The summed E-state index contributed by atoms with van der Waals surface area (Å²) in [7, 11) is 1.46. The summed E-state index contributed by atoms with van der Waals surface area (Å²) < 4.78 is 5.51. The van der Waals surface area contributed by atoms with E-state index < -0.39 is 47.5 Å². The Labute approximate surface area is 250 Å². The molecule has 0 aromatic heterocycles. The minimum Gasteiger partial charge on any atom is -0.495 e. The van der Waals surface area contributed by atoms with Crippen LogP contribution in [0.15, 0.2) is 42.5 Å². The Morgan fingerprint density at radius 2 is 1.74 bits per heavy atom. The van der Waals surface area contributed by atoms with E-state index in [0.29, 0.717) is 29.1 Å². The summed E-state index contributed by atoms with van der Waals surface area (Å²) in [5.41, 5.74) is 1.40. The van der Waals surface area contributed by atoms with Crippen molar-refractivity contribution in [2.45, 2.75) is 77.5 Å². The molecule has 4 rings (SSSR count). The van der Waals surface area contributed by atoms with Gasteiger partial charge in [-0.2, -0.15) is 0 Å². The van der Waals surface area contributed by atoms with Gasteiger partial charge >= 0.3 is 18.0 Å². The largest absolute Gasteiger partial charge is 0.495 e. The van der Waals surface area contributed by atoms with E-state index in [-0.39, 0.29) is 18.9 Å². The molecular formula is C31H39N5O7. The topological polar surface area (TPSA) is 157 Å². The van der Waals surface area contributed by atoms with Gasteiger partial charge in [0.15, 0.2) is 0 Å². The van der Waals surface area contributed by atoms with Crippen molar-refractivity contribution in [1.82, 2.24) is 15.1 Å². The zero-order valence-electron chi connectivity index (χ0n) is 25.1. The van der Waals surface area contributed by atoms with E-state index in [0.717, 1.165) is 23.3 Å². The summed E-state index contributed by atoms with van der Waals surface area (Å²) in [6.07, 6.45) is 1.86. The third kappa shape index (κ3) is 7.25. The highest BCUT2D eigenvalue weighted by molar-refractivity contribution is 6.09. The zero-order valence-corrected chi connectivity index (χ0v) is 25.1. The summed E-state index contributed by atoms with van der Waals surface area (Å²) in [6, 6.07) is 9.70. The van der Waals surface area contributed by atoms with Crippen molar-refractivity contribution in [3.63, 3.8) is 0 Å². The molecule has 2 aromatic carbocycles. The zero-order chi connectivity index (χ0) is 31.5. The van der Waals surface area contributed by atoms with Gasteiger partial charge in [-0.1, -0.05) is 37.1 Å². The molecule has 0 bridgehead atoms. The molecule has 1 aliphatic heterocycles. The molecule has 2 aliphatic rings. The molecule has 0 spiro atoms. The van der Waals surface area contributed by atoms with Crippen molar-refractivity contribution in [3.8, 4) is 5.75 Å². The van der Waals surface area contributed by atoms with Crippen LogP contribution in [0.4, 0.5) is 21.0 Å². The van der Waals surface area contributed by atoms with E-state index in [1.54, 1.807) is 45.0 Å². The summed E-state index contributed by atoms with van der Waals surface area (Å²) >= 11 is 0. The van der Waals surface area contributed by atoms with Crippen LogP contribution in [0.25, 0.3) is 0 Å². The standard InChI is InChI=1S/C31H39N5O7/c1-18-8-6-7-9-22(18)33-29(41)34-23-13-12-21(16-25(23)43-5)17-35-30(42)36(28(40)31(35,3)4)24(15-20-10-11-20)27(39)32-19(2)14-26(37)38/h6-9,12-13,16,19-20,24H,10-11,14-15,17H2,1-5H3,(H,32,39)(H,37,38)(H2,33,34,41)/t19-,24?/m1/s1. The predicted octanol–water partition coefficient (Wildman–Crippen LogP) is 4.34. The van der Waals surface area contributed by atoms with Crippen LogP contribution in [0, 0.1) is 12.8 Å². The number of benzene rings is 2. The average molecular weight is 594 g/mol. The Morgan fingerprint density at radius 3 is 2.37 bits per heavy atom. The molecule has 1 heterocycles. The summed E-state index contributed by atoms with van der Waals surface area (Å²) in [5, 5.41) is 17.3. The van der Waals surface area contributed by atoms with Crippen LogP contribution < -0.4 is 20.7 Å². The third-order valence-corrected chi connectivity index (χ3v) is 7.84. The van der Waals surface area contributed by atoms with Gasteiger partial charge in [-0.3, -0.25) is 14.4 Å². The van der Waals surface area contributed by atoms with Crippen LogP contribution in [0.5, 0.6) is 5.75 Å². The number of methoxy groups -OCH3 is 1. The first kappa shape index (κ1) is 31.3. The van der Waals surface area contributed by atoms with E-state index in [9.17, 15) is 24.0 Å². The van der Waals surface area contributed by atoms with Crippen molar-refractivity contribution >= 4 is 41.2 Å². The number of hydrogen-bond donors (Lipinski definition) is 4. The Hall–Kier alpha value is -4.61. The van der Waals surface area contributed by atoms with Gasteiger partial charge in [0.25, 0.3) is 5.91 Å². The smallest absolute Gasteiger partial charge is 0.328 e. The van der Waals surface area contributed by atoms with Gasteiger partial charge in [0.05, 0.1) is 19.2 Å². The first-order chi connectivity index (χ1) is 20.3. The van der Waals surface area contributed by atoms with Gasteiger partial charge in [0.1, 0.15) is 17.3 Å². The molecule has 1 unspecified atom stereocenters. The van der Waals surface area contributed by atoms with Crippen LogP contribution in [-0.2, 0) is 20.9 Å². The van der Waals surface area contributed by atoms with Crippen molar-refractivity contribution in [2.24, 2.45) is 5.92 Å². The lowest BCUT2D eigenvalue weighted by atomic mass is 10.0. The van der Waals surface area contributed by atoms with Crippen LogP contribution in [0.3, 0.4) is 0 Å². The number of urea groups is 2. The molecule has 1 saturated heterocycles. The van der Waals surface area contributed by atoms with Crippen LogP contribution in [0.2, 0.25) is 0 Å². The highest BCUT2D eigenvalue weighted by Gasteiger charge is 2.55. The van der Waals surface area contributed by atoms with Crippen molar-refractivity contribution < 1.29 is 33.8 Å². The molecule has 0 radical (unpaired) electrons. The number of hydrogen-bond acceptors (Lipinski definition) is 6. The normalized spacial score (nSPS) is 17.3. The van der Waals surface area contributed by atoms with Gasteiger partial charge in [-0.25, -0.2) is 14.5 Å². The highest BCUT2D eigenvalue weighted by Crippen LogP contribution is 2.38. The number of nitrogens with zero attached hydrogens (tertiary/aromatic N) is 2. The van der Waals surface area contributed by atoms with E-state index in [1.165, 1.54) is 12.0 Å². The number of carbonyl (C=O) groups excluding carboxylic acids is 4. The maximum Gasteiger partial charge on any atom is 0.328 e. The second kappa shape index (κ2) is 12.7. The Kier molecular flexibility index (Phi) is 9.27. The van der Waals surface area contributed by atoms with Crippen LogP contribution in [-0.4, -0.2) is 69.5 Å². The lowest BCUT2D eigenvalue weighted by Crippen LogP contribution is -2.52. The van der Waals surface area contributed by atoms with Crippen LogP contribution >= 0.6 is 0 Å². The average Bonchev–Trinajstić information content (AvgIpc) is 3.74. The lowest BCUT2D eigenvalue weighted by molar-refractivity contribution is -0.140. The van der Waals surface area contributed by atoms with Gasteiger partial charge in [0.2, 0.25) is 5.91 Å². The van der Waals surface area contributed by atoms with Crippen molar-refractivity contribution in [3.05, 3.63) is 53.6 Å². The predicted molar refractivity (Wildman–Crippen MR) is 160 cm³/mol. The number of carbonyl (C=O) groups is 5. The lowest BCUT2D eigenvalue weighted by Gasteiger charge is -2.28. The number of amides is 6. The summed E-state index contributed by atoms with van der Waals surface area (Å²) in [5.74, 6) is -1.52. The number of para-hydroxylation sites is 1. The van der Waals surface area contributed by atoms with Crippen molar-refractivity contribution in [1.29, 1.82) is 0 Å². The number of anilines is 2. The Bertz CT molecular complexity index is 1420. The molecule has 2 atom stereocenters. The van der Waals surface area contributed by atoms with E-state index in [2.05, 4.69) is 16.0 Å². The molecule has 1 saturated carbocycles. The van der Waals surface area contributed by atoms with E-state index >= 15 is 0 Å². The molecule has 12 nitrogen and oxygen atoms in total. The maximum absolute atomic E-state index is 13.8. The highest BCUT2D eigenvalue weighted by atomic mass is 16.5. The fourth-order valence-electron chi connectivity index (χ4n) is 5.17. The summed E-state index contributed by atoms with van der Waals surface area (Å²) in [6.45, 7) is 6.78. The minimum absolute atomic E-state index is 0.0489. The molecule has 6 amide bonds. The molecule has 43 heavy (non-hydrogen) atoms. The number of rotatable bonds is 12. The number of carboxylic acids is 1. The van der Waals surface area contributed by atoms with Gasteiger partial charge in [-0.15, -0.1) is 0 Å². The molecule has 12 heteroatoms. The number of imide groups is 1. The van der Waals surface area contributed by atoms with Gasteiger partial charge < -0.3 is 30.7 Å². The molecule has 2 aromatic rings. The third-order valence-electron chi connectivity index (χ3n) is 7.84. The molecular weight excluding hydrogens is 554 g/mol. The maximum atomic E-state index is 13.8. The Morgan fingerprint density at radius 1 is 1.07 bits per heavy atom. The monoisotopic (exact) mass is 593 g/mol. The Balaban J connectivity index is 1.51.